The van der Waals surface area contributed by atoms with Crippen molar-refractivity contribution in [2.24, 2.45) is 22.9 Å². The Kier molecular flexibility index (Phi) is 4.00. The summed E-state index contributed by atoms with van der Waals surface area (Å²) in [7, 11) is 0. The molecule has 1 aromatic heterocycles. The largest absolute Gasteiger partial charge is 0.341 e. The zero-order valence-corrected chi connectivity index (χ0v) is 15.7. The number of carbonyl (C=O) groups excluding carboxylic acids is 1. The number of aromatic nitrogens is 1. The topological polar surface area (TPSA) is 46.4 Å². The van der Waals surface area contributed by atoms with Crippen molar-refractivity contribution in [3.05, 3.63) is 48.0 Å². The molecule has 0 unspecified atom stereocenters. The molecule has 0 radical (unpaired) electrons. The molecule has 1 amide bonds. The minimum Gasteiger partial charge on any atom is -0.341 e. The maximum atomic E-state index is 12.4. The van der Waals surface area contributed by atoms with E-state index in [1.54, 1.807) is 6.21 Å². The number of nitrogens with zero attached hydrogens (tertiary/aromatic N) is 2. The van der Waals surface area contributed by atoms with E-state index in [-0.39, 0.29) is 11.8 Å². The van der Waals surface area contributed by atoms with Gasteiger partial charge in [0.25, 0.3) is 0 Å². The molecule has 27 heavy (non-hydrogen) atoms. The molecule has 0 spiro atoms. The highest BCUT2D eigenvalue weighted by Gasteiger charge is 2.54. The molecule has 2 aliphatic rings. The Bertz CT molecular complexity index is 1040. The number of nitrogens with one attached hydrogen (secondary N) is 1. The van der Waals surface area contributed by atoms with Crippen molar-refractivity contribution in [3.63, 3.8) is 0 Å². The van der Waals surface area contributed by atoms with Gasteiger partial charge in [0.05, 0.1) is 6.21 Å². The Hall–Kier alpha value is -2.62. The van der Waals surface area contributed by atoms with Crippen LogP contribution in [0.1, 0.15) is 38.2 Å². The number of aryl methyl sites for hydroxylation is 1. The van der Waals surface area contributed by atoms with Crippen LogP contribution in [0.25, 0.3) is 21.8 Å². The van der Waals surface area contributed by atoms with Gasteiger partial charge in [-0.1, -0.05) is 37.1 Å². The van der Waals surface area contributed by atoms with Gasteiger partial charge in [0.1, 0.15) is 0 Å². The molecule has 138 valence electrons. The van der Waals surface area contributed by atoms with Crippen LogP contribution in [-0.2, 0) is 11.3 Å². The first-order chi connectivity index (χ1) is 13.3. The van der Waals surface area contributed by atoms with Gasteiger partial charge in [-0.05, 0) is 55.4 Å². The van der Waals surface area contributed by atoms with Crippen LogP contribution in [0.2, 0.25) is 0 Å². The number of amides is 1. The van der Waals surface area contributed by atoms with Crippen molar-refractivity contribution in [2.75, 3.05) is 0 Å². The lowest BCUT2D eigenvalue weighted by atomic mass is 10.0. The summed E-state index contributed by atoms with van der Waals surface area (Å²) in [6.07, 6.45) is 6.75. The Morgan fingerprint density at radius 2 is 1.85 bits per heavy atom. The second-order valence-electron chi connectivity index (χ2n) is 7.91. The molecule has 0 bridgehead atoms. The molecule has 0 saturated heterocycles. The maximum Gasteiger partial charge on any atom is 0.243 e. The highest BCUT2D eigenvalue weighted by atomic mass is 16.2. The van der Waals surface area contributed by atoms with Gasteiger partial charge >= 0.3 is 0 Å². The van der Waals surface area contributed by atoms with Gasteiger partial charge in [0.2, 0.25) is 5.91 Å². The normalized spacial score (nSPS) is 24.4. The summed E-state index contributed by atoms with van der Waals surface area (Å²) in [5.74, 6) is 1.54. The monoisotopic (exact) mass is 359 g/mol. The van der Waals surface area contributed by atoms with Crippen molar-refractivity contribution in [2.45, 2.75) is 39.2 Å². The lowest BCUT2D eigenvalue weighted by Gasteiger charge is -2.04. The first-order valence-corrected chi connectivity index (χ1v) is 10.1. The van der Waals surface area contributed by atoms with Gasteiger partial charge in [0.15, 0.2) is 0 Å². The third kappa shape index (κ3) is 2.75. The number of hydrogen-bond donors (Lipinski definition) is 1. The molecule has 0 aliphatic heterocycles. The summed E-state index contributed by atoms with van der Waals surface area (Å²) in [6, 6.07) is 14.9. The Morgan fingerprint density at radius 3 is 2.63 bits per heavy atom. The van der Waals surface area contributed by atoms with E-state index in [1.165, 1.54) is 47.5 Å². The average molecular weight is 359 g/mol. The Labute approximate surface area is 159 Å². The molecular weight excluding hydrogens is 334 g/mol. The van der Waals surface area contributed by atoms with Crippen molar-refractivity contribution in [3.8, 4) is 0 Å². The van der Waals surface area contributed by atoms with E-state index in [0.717, 1.165) is 12.1 Å². The van der Waals surface area contributed by atoms with E-state index < -0.39 is 0 Å². The molecule has 5 rings (SSSR count). The van der Waals surface area contributed by atoms with E-state index >= 15 is 0 Å². The highest BCUT2D eigenvalue weighted by molar-refractivity contribution is 6.09. The van der Waals surface area contributed by atoms with E-state index in [0.29, 0.717) is 11.8 Å². The number of para-hydroxylation sites is 1. The van der Waals surface area contributed by atoms with Crippen molar-refractivity contribution in [1.29, 1.82) is 0 Å². The minimum atomic E-state index is 0.104. The maximum absolute atomic E-state index is 12.4. The fourth-order valence-corrected chi connectivity index (χ4v) is 5.12. The summed E-state index contributed by atoms with van der Waals surface area (Å²) in [5, 5.41) is 6.74. The molecule has 2 aromatic carbocycles. The average Bonchev–Trinajstić information content (AvgIpc) is 3.36. The molecule has 3 aromatic rings. The van der Waals surface area contributed by atoms with Crippen molar-refractivity contribution >= 4 is 33.9 Å². The van der Waals surface area contributed by atoms with E-state index in [9.17, 15) is 4.79 Å². The van der Waals surface area contributed by atoms with Crippen LogP contribution >= 0.6 is 0 Å². The van der Waals surface area contributed by atoms with Gasteiger partial charge in [-0.25, -0.2) is 5.43 Å². The number of benzene rings is 2. The smallest absolute Gasteiger partial charge is 0.243 e. The number of fused-ring (bicyclic) bond motifs is 4. The summed E-state index contributed by atoms with van der Waals surface area (Å²) < 4.78 is 2.34. The molecule has 4 heteroatoms. The van der Waals surface area contributed by atoms with Gasteiger partial charge < -0.3 is 4.57 Å². The van der Waals surface area contributed by atoms with Crippen LogP contribution < -0.4 is 5.43 Å². The Balaban J connectivity index is 1.37. The first kappa shape index (κ1) is 16.5. The van der Waals surface area contributed by atoms with Gasteiger partial charge in [-0.2, -0.15) is 5.10 Å². The summed E-state index contributed by atoms with van der Waals surface area (Å²) in [6.45, 7) is 3.11. The van der Waals surface area contributed by atoms with Gasteiger partial charge in [-0.15, -0.1) is 0 Å². The van der Waals surface area contributed by atoms with E-state index in [2.05, 4.69) is 64.5 Å². The Morgan fingerprint density at radius 1 is 1.11 bits per heavy atom. The lowest BCUT2D eigenvalue weighted by molar-refractivity contribution is -0.122. The molecule has 1 N–H and O–H groups in total. The minimum absolute atomic E-state index is 0.104. The zero-order chi connectivity index (χ0) is 18.4. The predicted octanol–water partition coefficient (Wildman–Crippen LogP) is 4.70. The molecule has 4 nitrogen and oxygen atoms in total. The highest BCUT2D eigenvalue weighted by Crippen LogP contribution is 2.55. The first-order valence-electron chi connectivity index (χ1n) is 10.1. The summed E-state index contributed by atoms with van der Waals surface area (Å²) >= 11 is 0. The summed E-state index contributed by atoms with van der Waals surface area (Å²) in [5.41, 5.74) is 6.28. The molecule has 2 aliphatic carbocycles. The van der Waals surface area contributed by atoms with Gasteiger partial charge in [0, 0.05) is 34.3 Å². The van der Waals surface area contributed by atoms with Crippen molar-refractivity contribution < 1.29 is 4.79 Å². The number of hydrazone groups is 1. The van der Waals surface area contributed by atoms with E-state index in [1.807, 2.05) is 0 Å². The number of carbonyl (C=O) groups is 1. The second kappa shape index (κ2) is 6.52. The quantitative estimate of drug-likeness (QED) is 0.533. The third-order valence-corrected chi connectivity index (χ3v) is 6.46. The van der Waals surface area contributed by atoms with Gasteiger partial charge in [-0.3, -0.25) is 4.79 Å². The van der Waals surface area contributed by atoms with Crippen LogP contribution in [0.5, 0.6) is 0 Å². The van der Waals surface area contributed by atoms with Crippen LogP contribution in [0, 0.1) is 17.8 Å². The van der Waals surface area contributed by atoms with Crippen molar-refractivity contribution in [1.82, 2.24) is 9.99 Å². The summed E-state index contributed by atoms with van der Waals surface area (Å²) in [4.78, 5) is 12.4. The number of rotatable bonds is 4. The zero-order valence-electron chi connectivity index (χ0n) is 15.7. The fraction of sp³-hybridized carbons (Fsp3) is 0.391. The molecule has 2 fully saturated rings. The molecular formula is C23H25N3O. The molecule has 1 heterocycles. The number of hydrogen-bond acceptors (Lipinski definition) is 2. The molecule has 2 atom stereocenters. The lowest BCUT2D eigenvalue weighted by Crippen LogP contribution is -2.20. The van der Waals surface area contributed by atoms with Crippen LogP contribution in [0.15, 0.2) is 47.6 Å². The van der Waals surface area contributed by atoms with Crippen LogP contribution in [0.4, 0.5) is 0 Å². The SMILES string of the molecule is CCn1c2ccccc2c2cc(/C=N/NC(=O)C3[C@H]4CCCC[C@H]34)ccc21. The third-order valence-electron chi connectivity index (χ3n) is 6.46. The standard InChI is InChI=1S/C23H25N3O/c1-2-26-20-10-6-5-7-16(20)19-13-15(11-12-21(19)26)14-24-25-23(27)22-17-8-3-4-9-18(17)22/h5-7,10-14,17-18,22H,2-4,8-9H2,1H3,(H,25,27)/b24-14+/t17-,18-/m0/s1. The fourth-order valence-electron chi connectivity index (χ4n) is 5.12. The van der Waals surface area contributed by atoms with Crippen LogP contribution in [0.3, 0.4) is 0 Å². The van der Waals surface area contributed by atoms with E-state index in [4.69, 9.17) is 0 Å². The predicted molar refractivity (Wildman–Crippen MR) is 110 cm³/mol. The molecule has 2 saturated carbocycles. The second-order valence-corrected chi connectivity index (χ2v) is 7.91. The van der Waals surface area contributed by atoms with Crippen LogP contribution in [-0.4, -0.2) is 16.7 Å².